The first-order valence-electron chi connectivity index (χ1n) is 9.07. The van der Waals surface area contributed by atoms with Gasteiger partial charge in [0.15, 0.2) is 0 Å². The largest absolute Gasteiger partial charge is 0.416 e. The number of nitrogens with zero attached hydrogens (tertiary/aromatic N) is 1. The number of hydrogen-bond acceptors (Lipinski definition) is 2. The molecule has 3 rings (SSSR count). The molecule has 2 fully saturated rings. The highest BCUT2D eigenvalue weighted by Gasteiger charge is 2.40. The van der Waals surface area contributed by atoms with E-state index in [4.69, 9.17) is 0 Å². The Morgan fingerprint density at radius 3 is 2.44 bits per heavy atom. The molecule has 0 radical (unpaired) electrons. The number of carbonyl (C=O) groups is 1. The Labute approximate surface area is 146 Å². The zero-order valence-corrected chi connectivity index (χ0v) is 14.4. The van der Waals surface area contributed by atoms with Gasteiger partial charge in [0.25, 0.3) is 0 Å². The topological polar surface area (TPSA) is 32.3 Å². The second-order valence-corrected chi connectivity index (χ2v) is 7.28. The van der Waals surface area contributed by atoms with Crippen LogP contribution < -0.4 is 5.32 Å². The van der Waals surface area contributed by atoms with Crippen molar-refractivity contribution < 1.29 is 18.0 Å². The summed E-state index contributed by atoms with van der Waals surface area (Å²) in [6.07, 6.45) is 2.57. The molecule has 2 aliphatic rings. The summed E-state index contributed by atoms with van der Waals surface area (Å²) in [5.74, 6) is -0.204. The Hall–Kier alpha value is -1.56. The zero-order chi connectivity index (χ0) is 17.9. The molecule has 1 saturated heterocycles. The fourth-order valence-electron chi connectivity index (χ4n) is 4.20. The molecular formula is C19H25F3N2O. The number of amides is 1. The third-order valence-electron chi connectivity index (χ3n) is 5.54. The Balaban J connectivity index is 1.59. The molecule has 1 aromatic rings. The summed E-state index contributed by atoms with van der Waals surface area (Å²) in [5.41, 5.74) is -0.254. The van der Waals surface area contributed by atoms with Gasteiger partial charge >= 0.3 is 6.18 Å². The molecule has 0 spiro atoms. The normalized spacial score (nSPS) is 20.8. The Kier molecular flexibility index (Phi) is 5.37. The molecule has 1 amide bonds. The van der Waals surface area contributed by atoms with Crippen molar-refractivity contribution in [1.29, 1.82) is 0 Å². The van der Waals surface area contributed by atoms with Crippen LogP contribution >= 0.6 is 0 Å². The van der Waals surface area contributed by atoms with Crippen LogP contribution in [0.4, 0.5) is 13.2 Å². The van der Waals surface area contributed by atoms with Crippen molar-refractivity contribution in [2.24, 2.45) is 0 Å². The zero-order valence-electron chi connectivity index (χ0n) is 14.4. The average Bonchev–Trinajstić information content (AvgIpc) is 3.25. The van der Waals surface area contributed by atoms with Crippen molar-refractivity contribution in [2.45, 2.75) is 56.7 Å². The number of carbonyl (C=O) groups excluding carboxylic acids is 1. The summed E-state index contributed by atoms with van der Waals surface area (Å²) >= 11 is 0. The van der Waals surface area contributed by atoms with Crippen LogP contribution in [0.5, 0.6) is 0 Å². The average molecular weight is 354 g/mol. The molecule has 1 heterocycles. The number of alkyl halides is 3. The number of benzene rings is 1. The van der Waals surface area contributed by atoms with Crippen molar-refractivity contribution in [3.05, 3.63) is 35.4 Å². The standard InChI is InChI=1S/C19H25F3N2O/c20-19(21,22)16-7-5-6-15(12-16)13-17(25)23-14-18(8-1-2-9-18)24-10-3-4-11-24/h5-7,12H,1-4,8-11,13-14H2,(H,23,25). The summed E-state index contributed by atoms with van der Waals surface area (Å²) < 4.78 is 38.3. The van der Waals surface area contributed by atoms with Gasteiger partial charge in [-0.25, -0.2) is 0 Å². The van der Waals surface area contributed by atoms with Crippen molar-refractivity contribution in [1.82, 2.24) is 10.2 Å². The summed E-state index contributed by atoms with van der Waals surface area (Å²) in [6.45, 7) is 2.78. The van der Waals surface area contributed by atoms with E-state index in [1.165, 1.54) is 31.7 Å². The van der Waals surface area contributed by atoms with E-state index in [0.29, 0.717) is 12.1 Å². The van der Waals surface area contributed by atoms with Crippen LogP contribution in [0.15, 0.2) is 24.3 Å². The van der Waals surface area contributed by atoms with Gasteiger partial charge in [-0.3, -0.25) is 9.69 Å². The van der Waals surface area contributed by atoms with E-state index in [9.17, 15) is 18.0 Å². The molecule has 138 valence electrons. The molecule has 1 aliphatic carbocycles. The number of nitrogens with one attached hydrogen (secondary N) is 1. The molecule has 0 bridgehead atoms. The van der Waals surface area contributed by atoms with Gasteiger partial charge in [-0.15, -0.1) is 0 Å². The first kappa shape index (κ1) is 18.2. The molecule has 3 nitrogen and oxygen atoms in total. The molecule has 25 heavy (non-hydrogen) atoms. The molecule has 1 saturated carbocycles. The second-order valence-electron chi connectivity index (χ2n) is 7.28. The number of hydrogen-bond donors (Lipinski definition) is 1. The molecule has 1 aliphatic heterocycles. The van der Waals surface area contributed by atoms with Crippen molar-refractivity contribution in [2.75, 3.05) is 19.6 Å². The Bertz CT molecular complexity index is 603. The lowest BCUT2D eigenvalue weighted by Crippen LogP contribution is -2.53. The number of halogens is 3. The van der Waals surface area contributed by atoms with Crippen LogP contribution in [0.2, 0.25) is 0 Å². The van der Waals surface area contributed by atoms with E-state index in [2.05, 4.69) is 10.2 Å². The predicted molar refractivity (Wildman–Crippen MR) is 90.2 cm³/mol. The number of likely N-dealkylation sites (tertiary alicyclic amines) is 1. The van der Waals surface area contributed by atoms with Crippen LogP contribution in [0.25, 0.3) is 0 Å². The maximum atomic E-state index is 12.8. The molecule has 1 N–H and O–H groups in total. The van der Waals surface area contributed by atoms with Gasteiger partial charge in [-0.2, -0.15) is 13.2 Å². The fraction of sp³-hybridized carbons (Fsp3) is 0.632. The third kappa shape index (κ3) is 4.35. The number of rotatable bonds is 5. The van der Waals surface area contributed by atoms with Crippen LogP contribution in [-0.2, 0) is 17.4 Å². The monoisotopic (exact) mass is 354 g/mol. The van der Waals surface area contributed by atoms with Crippen LogP contribution in [-0.4, -0.2) is 36.0 Å². The van der Waals surface area contributed by atoms with Crippen LogP contribution in [0.1, 0.15) is 49.7 Å². The van der Waals surface area contributed by atoms with E-state index in [-0.39, 0.29) is 17.9 Å². The minimum atomic E-state index is -4.38. The van der Waals surface area contributed by atoms with Crippen LogP contribution in [0, 0.1) is 0 Å². The summed E-state index contributed by atoms with van der Waals surface area (Å²) in [7, 11) is 0. The first-order valence-corrected chi connectivity index (χ1v) is 9.07. The van der Waals surface area contributed by atoms with Gasteiger partial charge in [-0.05, 0) is 50.4 Å². The van der Waals surface area contributed by atoms with E-state index in [1.807, 2.05) is 0 Å². The van der Waals surface area contributed by atoms with Crippen molar-refractivity contribution >= 4 is 5.91 Å². The maximum absolute atomic E-state index is 12.8. The lowest BCUT2D eigenvalue weighted by molar-refractivity contribution is -0.137. The van der Waals surface area contributed by atoms with Gasteiger partial charge in [0.2, 0.25) is 5.91 Å². The van der Waals surface area contributed by atoms with Gasteiger partial charge in [-0.1, -0.05) is 31.0 Å². The van der Waals surface area contributed by atoms with Crippen LogP contribution in [0.3, 0.4) is 0 Å². The highest BCUT2D eigenvalue weighted by Crippen LogP contribution is 2.37. The predicted octanol–water partition coefficient (Wildman–Crippen LogP) is 3.77. The molecule has 0 atom stereocenters. The third-order valence-corrected chi connectivity index (χ3v) is 5.54. The lowest BCUT2D eigenvalue weighted by Gasteiger charge is -2.39. The van der Waals surface area contributed by atoms with Crippen molar-refractivity contribution in [3.8, 4) is 0 Å². The second kappa shape index (κ2) is 7.36. The highest BCUT2D eigenvalue weighted by atomic mass is 19.4. The van der Waals surface area contributed by atoms with E-state index < -0.39 is 11.7 Å². The van der Waals surface area contributed by atoms with Gasteiger partial charge in [0.1, 0.15) is 0 Å². The lowest BCUT2D eigenvalue weighted by atomic mass is 9.95. The van der Waals surface area contributed by atoms with E-state index in [0.717, 1.165) is 38.1 Å². The summed E-state index contributed by atoms with van der Waals surface area (Å²) in [5, 5.41) is 2.99. The molecule has 6 heteroatoms. The minimum Gasteiger partial charge on any atom is -0.354 e. The smallest absolute Gasteiger partial charge is 0.354 e. The maximum Gasteiger partial charge on any atom is 0.416 e. The van der Waals surface area contributed by atoms with Gasteiger partial charge in [0.05, 0.1) is 12.0 Å². The van der Waals surface area contributed by atoms with Gasteiger partial charge < -0.3 is 5.32 Å². The van der Waals surface area contributed by atoms with E-state index in [1.54, 1.807) is 6.07 Å². The van der Waals surface area contributed by atoms with E-state index >= 15 is 0 Å². The molecule has 0 aromatic heterocycles. The van der Waals surface area contributed by atoms with Crippen molar-refractivity contribution in [3.63, 3.8) is 0 Å². The fourth-order valence-corrected chi connectivity index (χ4v) is 4.20. The molecule has 1 aromatic carbocycles. The molecular weight excluding hydrogens is 329 g/mol. The summed E-state index contributed by atoms with van der Waals surface area (Å²) in [4.78, 5) is 14.8. The quantitative estimate of drug-likeness (QED) is 0.873. The Morgan fingerprint density at radius 2 is 1.80 bits per heavy atom. The SMILES string of the molecule is O=C(Cc1cccc(C(F)(F)F)c1)NCC1(N2CCCC2)CCCC1. The molecule has 0 unspecified atom stereocenters. The first-order chi connectivity index (χ1) is 11.9. The summed E-state index contributed by atoms with van der Waals surface area (Å²) in [6, 6.07) is 5.02. The minimum absolute atomic E-state index is 0.0139. The Morgan fingerprint density at radius 1 is 1.12 bits per heavy atom. The van der Waals surface area contributed by atoms with Gasteiger partial charge in [0, 0.05) is 12.1 Å². The highest BCUT2D eigenvalue weighted by molar-refractivity contribution is 5.78.